The highest BCUT2D eigenvalue weighted by Gasteiger charge is 2.38. The van der Waals surface area contributed by atoms with Crippen molar-refractivity contribution >= 4 is 16.0 Å². The van der Waals surface area contributed by atoms with Crippen molar-refractivity contribution < 1.29 is 18.3 Å². The summed E-state index contributed by atoms with van der Waals surface area (Å²) < 4.78 is 27.1. The van der Waals surface area contributed by atoms with E-state index in [1.54, 1.807) is 0 Å². The van der Waals surface area contributed by atoms with Crippen molar-refractivity contribution in [3.05, 3.63) is 18.5 Å². The maximum atomic E-state index is 12.2. The van der Waals surface area contributed by atoms with Crippen LogP contribution in [0.2, 0.25) is 0 Å². The second-order valence-electron chi connectivity index (χ2n) is 5.06. The van der Waals surface area contributed by atoms with Gasteiger partial charge in [0.1, 0.15) is 0 Å². The van der Waals surface area contributed by atoms with Crippen LogP contribution in [0.4, 0.5) is 0 Å². The number of carbonyl (C=O) groups is 1. The highest BCUT2D eigenvalue weighted by molar-refractivity contribution is 7.89. The van der Waals surface area contributed by atoms with Crippen LogP contribution in [0.1, 0.15) is 38.5 Å². The lowest BCUT2D eigenvalue weighted by Gasteiger charge is -2.36. The molecular weight excluding hydrogens is 268 g/mol. The fourth-order valence-electron chi connectivity index (χ4n) is 2.65. The standard InChI is InChI=1S/C12H18N2O4S/c15-11(16)8-12(5-2-1-3-6-12)14-19(17,18)10-4-7-13-9-10/h4,7,9,13-14H,1-3,5-6,8H2,(H,15,16). The molecule has 1 fully saturated rings. The van der Waals surface area contributed by atoms with E-state index in [1.807, 2.05) is 0 Å². The average Bonchev–Trinajstić information content (AvgIpc) is 2.81. The topological polar surface area (TPSA) is 99.3 Å². The van der Waals surface area contributed by atoms with Gasteiger partial charge in [-0.2, -0.15) is 0 Å². The Morgan fingerprint density at radius 1 is 1.37 bits per heavy atom. The van der Waals surface area contributed by atoms with Crippen LogP contribution in [-0.2, 0) is 14.8 Å². The quantitative estimate of drug-likeness (QED) is 0.763. The third kappa shape index (κ3) is 3.36. The molecule has 0 radical (unpaired) electrons. The van der Waals surface area contributed by atoms with Gasteiger partial charge in [0.2, 0.25) is 10.0 Å². The summed E-state index contributed by atoms with van der Waals surface area (Å²) in [6.07, 6.45) is 6.61. The molecule has 0 unspecified atom stereocenters. The van der Waals surface area contributed by atoms with Crippen LogP contribution in [0.5, 0.6) is 0 Å². The Morgan fingerprint density at radius 3 is 2.58 bits per heavy atom. The van der Waals surface area contributed by atoms with Gasteiger partial charge in [0, 0.05) is 17.9 Å². The zero-order chi connectivity index (χ0) is 13.9. The van der Waals surface area contributed by atoms with Gasteiger partial charge in [0.25, 0.3) is 0 Å². The van der Waals surface area contributed by atoms with E-state index in [9.17, 15) is 13.2 Å². The number of carboxylic acids is 1. The van der Waals surface area contributed by atoms with Crippen molar-refractivity contribution in [3.63, 3.8) is 0 Å². The van der Waals surface area contributed by atoms with E-state index in [0.29, 0.717) is 12.8 Å². The third-order valence-electron chi connectivity index (χ3n) is 3.53. The summed E-state index contributed by atoms with van der Waals surface area (Å²) in [5, 5.41) is 9.02. The van der Waals surface area contributed by atoms with E-state index in [0.717, 1.165) is 19.3 Å². The van der Waals surface area contributed by atoms with Crippen molar-refractivity contribution in [2.24, 2.45) is 0 Å². The number of aromatic nitrogens is 1. The third-order valence-corrected chi connectivity index (χ3v) is 5.11. The minimum atomic E-state index is -3.67. The largest absolute Gasteiger partial charge is 0.481 e. The summed E-state index contributed by atoms with van der Waals surface area (Å²) in [4.78, 5) is 13.8. The first kappa shape index (κ1) is 14.1. The SMILES string of the molecule is O=C(O)CC1(NS(=O)(=O)c2cc[nH]c2)CCCCC1. The normalized spacial score (nSPS) is 19.2. The molecule has 1 heterocycles. The zero-order valence-corrected chi connectivity index (χ0v) is 11.4. The molecule has 19 heavy (non-hydrogen) atoms. The highest BCUT2D eigenvalue weighted by Crippen LogP contribution is 2.32. The molecular formula is C12H18N2O4S. The maximum Gasteiger partial charge on any atom is 0.305 e. The van der Waals surface area contributed by atoms with Crippen LogP contribution >= 0.6 is 0 Å². The lowest BCUT2D eigenvalue weighted by atomic mass is 9.80. The van der Waals surface area contributed by atoms with Crippen LogP contribution in [0, 0.1) is 0 Å². The number of aliphatic carboxylic acids is 1. The van der Waals surface area contributed by atoms with Crippen molar-refractivity contribution in [2.75, 3.05) is 0 Å². The Kier molecular flexibility index (Phi) is 3.96. The summed E-state index contributed by atoms with van der Waals surface area (Å²) in [7, 11) is -3.67. The van der Waals surface area contributed by atoms with E-state index in [2.05, 4.69) is 9.71 Å². The Morgan fingerprint density at radius 2 is 2.05 bits per heavy atom. The monoisotopic (exact) mass is 286 g/mol. The van der Waals surface area contributed by atoms with E-state index in [1.165, 1.54) is 18.5 Å². The second kappa shape index (κ2) is 5.34. The minimum absolute atomic E-state index is 0.142. The number of rotatable bonds is 5. The maximum absolute atomic E-state index is 12.2. The van der Waals surface area contributed by atoms with Gasteiger partial charge in [-0.15, -0.1) is 0 Å². The number of carboxylic acid groups (broad SMARTS) is 1. The molecule has 0 atom stereocenters. The molecule has 0 aliphatic heterocycles. The van der Waals surface area contributed by atoms with Gasteiger partial charge < -0.3 is 10.1 Å². The van der Waals surface area contributed by atoms with Gasteiger partial charge in [-0.3, -0.25) is 4.79 Å². The Bertz CT molecular complexity index is 530. The molecule has 1 saturated carbocycles. The first-order valence-electron chi connectivity index (χ1n) is 6.32. The van der Waals surface area contributed by atoms with Crippen LogP contribution in [0.15, 0.2) is 23.4 Å². The summed E-state index contributed by atoms with van der Waals surface area (Å²) in [5.41, 5.74) is -0.847. The number of aromatic amines is 1. The molecule has 0 saturated heterocycles. The fraction of sp³-hybridized carbons (Fsp3) is 0.583. The van der Waals surface area contributed by atoms with Crippen LogP contribution in [-0.4, -0.2) is 30.0 Å². The van der Waals surface area contributed by atoms with Crippen LogP contribution in [0.25, 0.3) is 0 Å². The zero-order valence-electron chi connectivity index (χ0n) is 10.6. The molecule has 106 valence electrons. The van der Waals surface area contributed by atoms with Gasteiger partial charge in [-0.25, -0.2) is 13.1 Å². The van der Waals surface area contributed by atoms with E-state index in [-0.39, 0.29) is 11.3 Å². The van der Waals surface area contributed by atoms with Gasteiger partial charge in [0.15, 0.2) is 0 Å². The predicted molar refractivity (Wildman–Crippen MR) is 69.2 cm³/mol. The van der Waals surface area contributed by atoms with Crippen LogP contribution in [0.3, 0.4) is 0 Å². The average molecular weight is 286 g/mol. The Balaban J connectivity index is 2.23. The number of nitrogens with one attached hydrogen (secondary N) is 2. The highest BCUT2D eigenvalue weighted by atomic mass is 32.2. The van der Waals surface area contributed by atoms with Crippen LogP contribution < -0.4 is 4.72 Å². The van der Waals surface area contributed by atoms with Gasteiger partial charge in [0.05, 0.1) is 11.3 Å². The molecule has 0 aromatic carbocycles. The Hall–Kier alpha value is -1.34. The van der Waals surface area contributed by atoms with Crippen molar-refractivity contribution in [2.45, 2.75) is 49.0 Å². The summed E-state index contributed by atoms with van der Waals surface area (Å²) >= 11 is 0. The van der Waals surface area contributed by atoms with Crippen molar-refractivity contribution in [1.29, 1.82) is 0 Å². The van der Waals surface area contributed by atoms with Crippen molar-refractivity contribution in [3.8, 4) is 0 Å². The molecule has 1 aliphatic rings. The van der Waals surface area contributed by atoms with E-state index < -0.39 is 21.5 Å². The smallest absolute Gasteiger partial charge is 0.305 e. The summed E-state index contributed by atoms with van der Waals surface area (Å²) in [6, 6.07) is 1.46. The summed E-state index contributed by atoms with van der Waals surface area (Å²) in [5.74, 6) is -0.973. The molecule has 0 bridgehead atoms. The molecule has 0 amide bonds. The lowest BCUT2D eigenvalue weighted by molar-refractivity contribution is -0.138. The van der Waals surface area contributed by atoms with Gasteiger partial charge in [-0.05, 0) is 18.9 Å². The van der Waals surface area contributed by atoms with Crippen molar-refractivity contribution in [1.82, 2.24) is 9.71 Å². The lowest BCUT2D eigenvalue weighted by Crippen LogP contribution is -2.50. The first-order chi connectivity index (χ1) is 8.94. The molecule has 0 spiro atoms. The molecule has 6 nitrogen and oxygen atoms in total. The molecule has 3 N–H and O–H groups in total. The van der Waals surface area contributed by atoms with E-state index in [4.69, 9.17) is 5.11 Å². The number of hydrogen-bond donors (Lipinski definition) is 3. The molecule has 2 rings (SSSR count). The first-order valence-corrected chi connectivity index (χ1v) is 7.80. The molecule has 1 aliphatic carbocycles. The second-order valence-corrected chi connectivity index (χ2v) is 6.75. The summed E-state index contributed by atoms with van der Waals surface area (Å²) in [6.45, 7) is 0. The van der Waals surface area contributed by atoms with Gasteiger partial charge in [-0.1, -0.05) is 19.3 Å². The number of H-pyrrole nitrogens is 1. The molecule has 1 aromatic heterocycles. The number of sulfonamides is 1. The van der Waals surface area contributed by atoms with E-state index >= 15 is 0 Å². The van der Waals surface area contributed by atoms with Gasteiger partial charge >= 0.3 is 5.97 Å². The minimum Gasteiger partial charge on any atom is -0.481 e. The molecule has 1 aromatic rings. The molecule has 7 heteroatoms. The number of hydrogen-bond acceptors (Lipinski definition) is 3. The Labute approximate surface area is 112 Å². The fourth-order valence-corrected chi connectivity index (χ4v) is 4.09. The predicted octanol–water partition coefficient (Wildman–Crippen LogP) is 1.47.